The number of halogens is 4. The van der Waals surface area contributed by atoms with Crippen LogP contribution in [0.3, 0.4) is 0 Å². The zero-order valence-corrected chi connectivity index (χ0v) is 19.2. The highest BCUT2D eigenvalue weighted by Crippen LogP contribution is 2.39. The molecule has 0 aromatic heterocycles. The van der Waals surface area contributed by atoms with Gasteiger partial charge in [0.1, 0.15) is 24.9 Å². The van der Waals surface area contributed by atoms with Gasteiger partial charge in [-0.2, -0.15) is 13.2 Å². The molecular weight excluding hydrogens is 519 g/mol. The average Bonchev–Trinajstić information content (AvgIpc) is 2.94. The number of amides is 2. The van der Waals surface area contributed by atoms with E-state index in [-0.39, 0.29) is 55.5 Å². The fourth-order valence-electron chi connectivity index (χ4n) is 3.00. The summed E-state index contributed by atoms with van der Waals surface area (Å²) in [6.45, 7) is 1.75. The average molecular weight is 542 g/mol. The molecule has 0 saturated carbocycles. The zero-order chi connectivity index (χ0) is 24.6. The molecule has 1 N–H and O–H groups in total. The molecule has 9 nitrogen and oxygen atoms in total. The van der Waals surface area contributed by atoms with E-state index in [1.807, 2.05) is 0 Å². The molecule has 184 valence electrons. The zero-order valence-electron chi connectivity index (χ0n) is 17.6. The molecule has 0 spiro atoms. The number of carboxylic acid groups (broad SMARTS) is 1. The van der Waals surface area contributed by atoms with E-state index < -0.39 is 42.5 Å². The topological polar surface area (TPSA) is 112 Å². The first kappa shape index (κ1) is 27.0. The molecule has 0 saturated heterocycles. The Morgan fingerprint density at radius 1 is 1.06 bits per heavy atom. The van der Waals surface area contributed by atoms with Gasteiger partial charge in [-0.05, 0) is 35.0 Å². The van der Waals surface area contributed by atoms with Crippen molar-refractivity contribution in [1.82, 2.24) is 4.90 Å². The fourth-order valence-corrected chi connectivity index (χ4v) is 3.36. The minimum Gasteiger partial charge on any atom is -0.492 e. The van der Waals surface area contributed by atoms with E-state index in [0.717, 1.165) is 12.2 Å². The van der Waals surface area contributed by atoms with E-state index in [1.54, 1.807) is 0 Å². The number of hydrogen-bond acceptors (Lipinski definition) is 7. The first-order valence-electron chi connectivity index (χ1n) is 9.83. The minimum atomic E-state index is -4.71. The second-order valence-electron chi connectivity index (χ2n) is 6.92. The Kier molecular flexibility index (Phi) is 10.1. The van der Waals surface area contributed by atoms with Gasteiger partial charge in [-0.3, -0.25) is 14.5 Å². The molecule has 0 radical (unpaired) electrons. The SMILES string of the molecule is CC1=C(Br)C(=O)N(C2C=CC(OCCOCCOCCOCC(=O)O)=CC2C(F)(F)F)C1=O. The summed E-state index contributed by atoms with van der Waals surface area (Å²) in [7, 11) is 0. The molecule has 0 fully saturated rings. The van der Waals surface area contributed by atoms with Crippen molar-refractivity contribution >= 4 is 33.7 Å². The summed E-state index contributed by atoms with van der Waals surface area (Å²) in [5.41, 5.74) is 0.0502. The van der Waals surface area contributed by atoms with Crippen LogP contribution in [0, 0.1) is 5.92 Å². The van der Waals surface area contributed by atoms with Crippen molar-refractivity contribution in [2.45, 2.75) is 19.1 Å². The number of carboxylic acids is 1. The molecule has 2 amide bonds. The van der Waals surface area contributed by atoms with Crippen molar-refractivity contribution in [2.24, 2.45) is 5.92 Å². The fraction of sp³-hybridized carbons (Fsp3) is 0.550. The van der Waals surface area contributed by atoms with Crippen molar-refractivity contribution in [3.63, 3.8) is 0 Å². The number of ether oxygens (including phenoxy) is 4. The van der Waals surface area contributed by atoms with E-state index in [4.69, 9.17) is 24.1 Å². The first-order valence-corrected chi connectivity index (χ1v) is 10.6. The molecule has 2 atom stereocenters. The van der Waals surface area contributed by atoms with Gasteiger partial charge in [0.05, 0.1) is 43.6 Å². The lowest BCUT2D eigenvalue weighted by Gasteiger charge is -2.33. The van der Waals surface area contributed by atoms with Gasteiger partial charge in [-0.1, -0.05) is 6.08 Å². The quantitative estimate of drug-likeness (QED) is 0.279. The van der Waals surface area contributed by atoms with Gasteiger partial charge in [0, 0.05) is 5.57 Å². The molecule has 2 aliphatic rings. The second kappa shape index (κ2) is 12.3. The number of alkyl halides is 3. The number of carbonyl (C=O) groups is 3. The van der Waals surface area contributed by atoms with Gasteiger partial charge in [0.15, 0.2) is 0 Å². The summed E-state index contributed by atoms with van der Waals surface area (Å²) in [5, 5.41) is 8.39. The summed E-state index contributed by atoms with van der Waals surface area (Å²) < 4.78 is 61.4. The van der Waals surface area contributed by atoms with E-state index in [1.165, 1.54) is 13.0 Å². The molecule has 0 bridgehead atoms. The summed E-state index contributed by atoms with van der Waals surface area (Å²) >= 11 is 2.95. The summed E-state index contributed by atoms with van der Waals surface area (Å²) in [6.07, 6.45) is -1.46. The third-order valence-corrected chi connectivity index (χ3v) is 5.52. The highest BCUT2D eigenvalue weighted by atomic mass is 79.9. The van der Waals surface area contributed by atoms with Crippen LogP contribution in [0.2, 0.25) is 0 Å². The molecule has 1 aliphatic heterocycles. The lowest BCUT2D eigenvalue weighted by molar-refractivity contribution is -0.176. The summed E-state index contributed by atoms with van der Waals surface area (Å²) in [6, 6.07) is -1.52. The van der Waals surface area contributed by atoms with E-state index in [9.17, 15) is 27.6 Å². The van der Waals surface area contributed by atoms with Crippen LogP contribution in [0.15, 0.2) is 34.0 Å². The number of imide groups is 1. The molecule has 2 rings (SSSR count). The Bertz CT molecular complexity index is 816. The van der Waals surface area contributed by atoms with Crippen molar-refractivity contribution < 1.29 is 51.6 Å². The maximum atomic E-state index is 13.7. The highest BCUT2D eigenvalue weighted by molar-refractivity contribution is 9.12. The summed E-state index contributed by atoms with van der Waals surface area (Å²) in [5.74, 6) is -4.83. The predicted molar refractivity (Wildman–Crippen MR) is 110 cm³/mol. The summed E-state index contributed by atoms with van der Waals surface area (Å²) in [4.78, 5) is 35.4. The number of hydrogen-bond donors (Lipinski definition) is 1. The van der Waals surface area contributed by atoms with Gasteiger partial charge in [-0.25, -0.2) is 4.79 Å². The van der Waals surface area contributed by atoms with Crippen LogP contribution >= 0.6 is 15.9 Å². The Morgan fingerprint density at radius 2 is 1.64 bits per heavy atom. The Balaban J connectivity index is 1.77. The molecule has 1 aliphatic carbocycles. The first-order chi connectivity index (χ1) is 15.5. The Labute approximate surface area is 195 Å². The van der Waals surface area contributed by atoms with Crippen LogP contribution in [-0.2, 0) is 33.3 Å². The van der Waals surface area contributed by atoms with Crippen molar-refractivity contribution in [3.8, 4) is 0 Å². The lowest BCUT2D eigenvalue weighted by atomic mass is 9.92. The van der Waals surface area contributed by atoms with Crippen molar-refractivity contribution in [2.75, 3.05) is 46.2 Å². The highest BCUT2D eigenvalue weighted by Gasteiger charge is 2.51. The lowest BCUT2D eigenvalue weighted by Crippen LogP contribution is -2.48. The van der Waals surface area contributed by atoms with Crippen LogP contribution in [0.4, 0.5) is 13.2 Å². The Hall–Kier alpha value is -2.22. The molecule has 2 unspecified atom stereocenters. The number of aliphatic carboxylic acids is 1. The number of nitrogens with zero attached hydrogens (tertiary/aromatic N) is 1. The van der Waals surface area contributed by atoms with Crippen molar-refractivity contribution in [1.29, 1.82) is 0 Å². The van der Waals surface area contributed by atoms with Crippen LogP contribution in [0.5, 0.6) is 0 Å². The maximum absolute atomic E-state index is 13.7. The van der Waals surface area contributed by atoms with Gasteiger partial charge >= 0.3 is 12.1 Å². The second-order valence-corrected chi connectivity index (χ2v) is 7.72. The smallest absolute Gasteiger partial charge is 0.397 e. The minimum absolute atomic E-state index is 0.0269. The van der Waals surface area contributed by atoms with Crippen LogP contribution in [-0.4, -0.2) is 86.3 Å². The predicted octanol–water partition coefficient (Wildman–Crippen LogP) is 2.18. The third kappa shape index (κ3) is 7.66. The molecule has 0 aromatic carbocycles. The Morgan fingerprint density at radius 3 is 2.15 bits per heavy atom. The molecule has 1 heterocycles. The largest absolute Gasteiger partial charge is 0.492 e. The van der Waals surface area contributed by atoms with Gasteiger partial charge in [0.25, 0.3) is 11.8 Å². The van der Waals surface area contributed by atoms with Crippen LogP contribution in [0.1, 0.15) is 6.92 Å². The number of carbonyl (C=O) groups excluding carboxylic acids is 2. The van der Waals surface area contributed by atoms with E-state index >= 15 is 0 Å². The molecular formula is C20H23BrF3NO8. The van der Waals surface area contributed by atoms with Crippen LogP contribution < -0.4 is 0 Å². The van der Waals surface area contributed by atoms with Gasteiger partial charge in [0.2, 0.25) is 0 Å². The van der Waals surface area contributed by atoms with Gasteiger partial charge < -0.3 is 24.1 Å². The number of allylic oxidation sites excluding steroid dienone is 1. The standard InChI is InChI=1S/C20H23BrF3NO8/c1-12-17(21)19(29)25(18(12)28)15-3-2-13(10-14(15)20(22,23)24)33-9-8-31-5-4-30-6-7-32-11-16(26)27/h2-3,10,14-15H,4-9,11H2,1H3,(H,26,27). The molecule has 0 aromatic rings. The number of rotatable bonds is 13. The molecule has 13 heteroatoms. The molecule has 33 heavy (non-hydrogen) atoms. The van der Waals surface area contributed by atoms with E-state index in [0.29, 0.717) is 4.90 Å². The maximum Gasteiger partial charge on any atom is 0.397 e. The van der Waals surface area contributed by atoms with Crippen LogP contribution in [0.25, 0.3) is 0 Å². The van der Waals surface area contributed by atoms with E-state index in [2.05, 4.69) is 15.9 Å². The third-order valence-electron chi connectivity index (χ3n) is 4.59. The normalized spacial score (nSPS) is 21.1. The van der Waals surface area contributed by atoms with Gasteiger partial charge in [-0.15, -0.1) is 0 Å². The monoisotopic (exact) mass is 541 g/mol. The van der Waals surface area contributed by atoms with Crippen molar-refractivity contribution in [3.05, 3.63) is 34.0 Å².